The van der Waals surface area contributed by atoms with Crippen molar-refractivity contribution in [2.24, 2.45) is 0 Å². The van der Waals surface area contributed by atoms with Crippen LogP contribution in [0.15, 0.2) is 0 Å². The molecule has 0 bridgehead atoms. The Kier molecular flexibility index (Phi) is 5.92. The van der Waals surface area contributed by atoms with E-state index < -0.39 is 0 Å². The van der Waals surface area contributed by atoms with Crippen LogP contribution < -0.4 is 5.32 Å². The number of ether oxygens (including phenoxy) is 1. The molecule has 11 heavy (non-hydrogen) atoms. The first-order valence-electron chi connectivity index (χ1n) is 4.21. The smallest absolute Gasteiger partial charge is 0.0604 e. The van der Waals surface area contributed by atoms with Crippen LogP contribution in [0.25, 0.3) is 0 Å². The van der Waals surface area contributed by atoms with E-state index in [1.807, 2.05) is 0 Å². The molecule has 1 aliphatic rings. The minimum Gasteiger partial charge on any atom is -0.378 e. The molecule has 1 rings (SSSR count). The highest BCUT2D eigenvalue weighted by molar-refractivity contribution is 5.85. The van der Waals surface area contributed by atoms with Crippen molar-refractivity contribution in [1.29, 1.82) is 0 Å². The second-order valence-corrected chi connectivity index (χ2v) is 2.80. The molecule has 1 fully saturated rings. The standard InChI is InChI=1S/C8H17NO.ClH/c1-3-9-7-5-8(6-7)10-4-2;/h7-9H,3-6H2,1-2H3;1H. The Morgan fingerprint density at radius 2 is 2.00 bits per heavy atom. The summed E-state index contributed by atoms with van der Waals surface area (Å²) in [6.45, 7) is 6.15. The summed E-state index contributed by atoms with van der Waals surface area (Å²) in [7, 11) is 0. The molecule has 0 aromatic rings. The molecule has 0 heterocycles. The van der Waals surface area contributed by atoms with Gasteiger partial charge in [-0.15, -0.1) is 12.4 Å². The minimum absolute atomic E-state index is 0. The number of hydrogen-bond donors (Lipinski definition) is 1. The summed E-state index contributed by atoms with van der Waals surface area (Å²) in [4.78, 5) is 0. The molecule has 0 amide bonds. The normalized spacial score (nSPS) is 28.9. The number of halogens is 1. The van der Waals surface area contributed by atoms with Crippen LogP contribution in [-0.4, -0.2) is 25.3 Å². The van der Waals surface area contributed by atoms with Crippen molar-refractivity contribution >= 4 is 12.4 Å². The average molecular weight is 180 g/mol. The second kappa shape index (κ2) is 5.81. The number of rotatable bonds is 4. The summed E-state index contributed by atoms with van der Waals surface area (Å²) in [5, 5.41) is 3.39. The van der Waals surface area contributed by atoms with Crippen LogP contribution in [0.3, 0.4) is 0 Å². The molecule has 0 aliphatic heterocycles. The van der Waals surface area contributed by atoms with E-state index in [0.717, 1.165) is 19.2 Å². The van der Waals surface area contributed by atoms with Gasteiger partial charge in [-0.25, -0.2) is 0 Å². The summed E-state index contributed by atoms with van der Waals surface area (Å²) in [6.07, 6.45) is 2.97. The van der Waals surface area contributed by atoms with E-state index in [0.29, 0.717) is 6.10 Å². The van der Waals surface area contributed by atoms with Crippen molar-refractivity contribution in [2.45, 2.75) is 38.8 Å². The minimum atomic E-state index is 0. The van der Waals surface area contributed by atoms with Crippen LogP contribution in [0.2, 0.25) is 0 Å². The molecule has 1 N–H and O–H groups in total. The Hall–Kier alpha value is 0.210. The van der Waals surface area contributed by atoms with Crippen LogP contribution in [0, 0.1) is 0 Å². The molecule has 0 atom stereocenters. The van der Waals surface area contributed by atoms with Gasteiger partial charge < -0.3 is 10.1 Å². The van der Waals surface area contributed by atoms with Crippen molar-refractivity contribution in [1.82, 2.24) is 5.32 Å². The summed E-state index contributed by atoms with van der Waals surface area (Å²) < 4.78 is 5.41. The molecule has 2 nitrogen and oxygen atoms in total. The highest BCUT2D eigenvalue weighted by Gasteiger charge is 2.28. The third kappa shape index (κ3) is 3.41. The van der Waals surface area contributed by atoms with E-state index in [4.69, 9.17) is 4.74 Å². The van der Waals surface area contributed by atoms with Crippen molar-refractivity contribution in [3.63, 3.8) is 0 Å². The van der Waals surface area contributed by atoms with E-state index in [1.54, 1.807) is 0 Å². The molecular weight excluding hydrogens is 162 g/mol. The Morgan fingerprint density at radius 3 is 2.45 bits per heavy atom. The monoisotopic (exact) mass is 179 g/mol. The van der Waals surface area contributed by atoms with Crippen LogP contribution in [0.5, 0.6) is 0 Å². The maximum Gasteiger partial charge on any atom is 0.0604 e. The first-order chi connectivity index (χ1) is 4.86. The lowest BCUT2D eigenvalue weighted by atomic mass is 9.89. The first-order valence-corrected chi connectivity index (χ1v) is 4.21. The molecule has 0 unspecified atom stereocenters. The van der Waals surface area contributed by atoms with Crippen LogP contribution in [0.4, 0.5) is 0 Å². The van der Waals surface area contributed by atoms with Crippen LogP contribution in [-0.2, 0) is 4.74 Å². The van der Waals surface area contributed by atoms with Gasteiger partial charge in [-0.05, 0) is 26.3 Å². The van der Waals surface area contributed by atoms with Crippen molar-refractivity contribution in [3.05, 3.63) is 0 Å². The van der Waals surface area contributed by atoms with E-state index in [9.17, 15) is 0 Å². The van der Waals surface area contributed by atoms with Gasteiger partial charge in [0.1, 0.15) is 0 Å². The second-order valence-electron chi connectivity index (χ2n) is 2.80. The maximum atomic E-state index is 5.41. The lowest BCUT2D eigenvalue weighted by Gasteiger charge is -2.35. The third-order valence-corrected chi connectivity index (χ3v) is 1.99. The molecule has 0 aromatic carbocycles. The molecule has 1 aliphatic carbocycles. The zero-order valence-electron chi connectivity index (χ0n) is 7.30. The maximum absolute atomic E-state index is 5.41. The van der Waals surface area contributed by atoms with Gasteiger partial charge in [-0.1, -0.05) is 6.92 Å². The largest absolute Gasteiger partial charge is 0.378 e. The number of hydrogen-bond acceptors (Lipinski definition) is 2. The lowest BCUT2D eigenvalue weighted by molar-refractivity contribution is -0.00935. The van der Waals surface area contributed by atoms with Gasteiger partial charge in [-0.3, -0.25) is 0 Å². The molecule has 0 saturated heterocycles. The van der Waals surface area contributed by atoms with Gasteiger partial charge in [-0.2, -0.15) is 0 Å². The predicted octanol–water partition coefficient (Wildman–Crippen LogP) is 1.59. The van der Waals surface area contributed by atoms with Crippen molar-refractivity contribution in [2.75, 3.05) is 13.2 Å². The Labute approximate surface area is 75.1 Å². The summed E-state index contributed by atoms with van der Waals surface area (Å²) in [5.74, 6) is 0. The van der Waals surface area contributed by atoms with E-state index >= 15 is 0 Å². The van der Waals surface area contributed by atoms with E-state index in [-0.39, 0.29) is 12.4 Å². The Balaban J connectivity index is 0.000001000. The zero-order valence-corrected chi connectivity index (χ0v) is 8.12. The quantitative estimate of drug-likeness (QED) is 0.708. The topological polar surface area (TPSA) is 21.3 Å². The molecule has 1 saturated carbocycles. The first kappa shape index (κ1) is 11.2. The van der Waals surface area contributed by atoms with Crippen molar-refractivity contribution < 1.29 is 4.74 Å². The Morgan fingerprint density at radius 1 is 1.36 bits per heavy atom. The van der Waals surface area contributed by atoms with Gasteiger partial charge in [0.2, 0.25) is 0 Å². The lowest BCUT2D eigenvalue weighted by Crippen LogP contribution is -2.45. The molecule has 0 spiro atoms. The predicted molar refractivity (Wildman–Crippen MR) is 49.4 cm³/mol. The average Bonchev–Trinajstić information content (AvgIpc) is 1.84. The van der Waals surface area contributed by atoms with Crippen LogP contribution in [0.1, 0.15) is 26.7 Å². The molecule has 0 radical (unpaired) electrons. The summed E-state index contributed by atoms with van der Waals surface area (Å²) >= 11 is 0. The van der Waals surface area contributed by atoms with Gasteiger partial charge >= 0.3 is 0 Å². The van der Waals surface area contributed by atoms with Crippen LogP contribution >= 0.6 is 12.4 Å². The Bertz CT molecular complexity index is 84.1. The SMILES string of the molecule is CCNC1CC(OCC)C1.Cl. The van der Waals surface area contributed by atoms with Gasteiger partial charge in [0.05, 0.1) is 6.10 Å². The highest BCUT2D eigenvalue weighted by atomic mass is 35.5. The molecule has 68 valence electrons. The van der Waals surface area contributed by atoms with Gasteiger partial charge in [0, 0.05) is 12.6 Å². The van der Waals surface area contributed by atoms with Crippen molar-refractivity contribution in [3.8, 4) is 0 Å². The fourth-order valence-corrected chi connectivity index (χ4v) is 1.39. The molecule has 0 aromatic heterocycles. The van der Waals surface area contributed by atoms with E-state index in [1.165, 1.54) is 12.8 Å². The zero-order chi connectivity index (χ0) is 7.40. The summed E-state index contributed by atoms with van der Waals surface area (Å²) in [5.41, 5.74) is 0. The third-order valence-electron chi connectivity index (χ3n) is 1.99. The fraction of sp³-hybridized carbons (Fsp3) is 1.00. The van der Waals surface area contributed by atoms with Gasteiger partial charge in [0.15, 0.2) is 0 Å². The molecule has 3 heteroatoms. The highest BCUT2D eigenvalue weighted by Crippen LogP contribution is 2.22. The number of nitrogens with one attached hydrogen (secondary N) is 1. The van der Waals surface area contributed by atoms with E-state index in [2.05, 4.69) is 19.2 Å². The fourth-order valence-electron chi connectivity index (χ4n) is 1.39. The summed E-state index contributed by atoms with van der Waals surface area (Å²) in [6, 6.07) is 0.738. The van der Waals surface area contributed by atoms with Gasteiger partial charge in [0.25, 0.3) is 0 Å². The molecular formula is C8H18ClNO.